The minimum absolute atomic E-state index is 0.507. The molecule has 3 aromatic rings. The van der Waals surface area contributed by atoms with Gasteiger partial charge in [0.05, 0.1) is 11.3 Å². The van der Waals surface area contributed by atoms with Crippen LogP contribution in [0.2, 0.25) is 0 Å². The summed E-state index contributed by atoms with van der Waals surface area (Å²) < 4.78 is 39.2. The van der Waals surface area contributed by atoms with Gasteiger partial charge in [-0.05, 0) is 48.5 Å². The molecule has 0 spiro atoms. The van der Waals surface area contributed by atoms with E-state index in [0.29, 0.717) is 11.5 Å². The van der Waals surface area contributed by atoms with E-state index in [9.17, 15) is 13.2 Å². The lowest BCUT2D eigenvalue weighted by Gasteiger charge is -2.07. The molecule has 118 valence electrons. The van der Waals surface area contributed by atoms with Crippen molar-refractivity contribution in [2.24, 2.45) is 0 Å². The van der Waals surface area contributed by atoms with E-state index in [4.69, 9.17) is 0 Å². The summed E-state index contributed by atoms with van der Waals surface area (Å²) in [4.78, 5) is 4.20. The maximum Gasteiger partial charge on any atom is 0.416 e. The number of nitrogens with one attached hydrogen (secondary N) is 1. The van der Waals surface area contributed by atoms with Crippen LogP contribution in [-0.4, -0.2) is 21.8 Å². The van der Waals surface area contributed by atoms with Gasteiger partial charge in [-0.15, -0.1) is 5.10 Å². The fraction of sp³-hybridized carbons (Fsp3) is 0.125. The topological polar surface area (TPSA) is 42.7 Å². The Kier molecular flexibility index (Phi) is 3.77. The van der Waals surface area contributed by atoms with Crippen LogP contribution in [0.15, 0.2) is 54.9 Å². The summed E-state index contributed by atoms with van der Waals surface area (Å²) in [7, 11) is 1.83. The predicted octanol–water partition coefficient (Wildman–Crippen LogP) is 3.99. The average Bonchev–Trinajstić information content (AvgIpc) is 3.04. The van der Waals surface area contributed by atoms with Gasteiger partial charge in [0.1, 0.15) is 6.33 Å². The molecule has 1 heterocycles. The Labute approximate surface area is 130 Å². The maximum absolute atomic E-state index is 12.6. The molecule has 4 nitrogen and oxygen atoms in total. The Morgan fingerprint density at radius 3 is 2.17 bits per heavy atom. The molecule has 0 bridgehead atoms. The second kappa shape index (κ2) is 5.75. The minimum atomic E-state index is -4.35. The molecule has 0 radical (unpaired) electrons. The third kappa shape index (κ3) is 3.18. The second-order valence-corrected chi connectivity index (χ2v) is 4.88. The van der Waals surface area contributed by atoms with Crippen LogP contribution in [0.4, 0.5) is 18.9 Å². The maximum atomic E-state index is 12.6. The molecule has 0 atom stereocenters. The average molecular weight is 318 g/mol. The Bertz CT molecular complexity index is 789. The number of rotatable bonds is 3. The van der Waals surface area contributed by atoms with Crippen molar-refractivity contribution < 1.29 is 13.2 Å². The van der Waals surface area contributed by atoms with Gasteiger partial charge in [-0.2, -0.15) is 13.2 Å². The van der Waals surface area contributed by atoms with Gasteiger partial charge in [0.2, 0.25) is 0 Å². The number of anilines is 1. The quantitative estimate of drug-likeness (QED) is 0.794. The zero-order valence-corrected chi connectivity index (χ0v) is 12.2. The van der Waals surface area contributed by atoms with Crippen molar-refractivity contribution in [3.05, 3.63) is 60.4 Å². The second-order valence-electron chi connectivity index (χ2n) is 4.88. The number of benzene rings is 2. The molecule has 0 amide bonds. The molecular formula is C16H13F3N4. The molecule has 0 saturated heterocycles. The highest BCUT2D eigenvalue weighted by Gasteiger charge is 2.30. The number of hydrogen-bond acceptors (Lipinski definition) is 3. The molecule has 3 rings (SSSR count). The van der Waals surface area contributed by atoms with Crippen LogP contribution in [-0.2, 0) is 6.18 Å². The van der Waals surface area contributed by atoms with Crippen molar-refractivity contribution in [1.82, 2.24) is 14.8 Å². The summed E-state index contributed by atoms with van der Waals surface area (Å²) in [5.74, 6) is 0.507. The lowest BCUT2D eigenvalue weighted by molar-refractivity contribution is -0.137. The van der Waals surface area contributed by atoms with Crippen molar-refractivity contribution in [2.45, 2.75) is 6.18 Å². The van der Waals surface area contributed by atoms with E-state index < -0.39 is 11.7 Å². The van der Waals surface area contributed by atoms with E-state index in [2.05, 4.69) is 15.4 Å². The molecule has 0 aliphatic rings. The largest absolute Gasteiger partial charge is 0.416 e. The summed E-state index contributed by atoms with van der Waals surface area (Å²) in [5.41, 5.74) is 1.62. The molecule has 0 unspecified atom stereocenters. The van der Waals surface area contributed by atoms with Crippen LogP contribution in [0.25, 0.3) is 17.1 Å². The van der Waals surface area contributed by atoms with Crippen molar-refractivity contribution in [3.63, 3.8) is 0 Å². The van der Waals surface area contributed by atoms with E-state index in [1.54, 1.807) is 0 Å². The van der Waals surface area contributed by atoms with Crippen molar-refractivity contribution >= 4 is 5.69 Å². The summed E-state index contributed by atoms with van der Waals surface area (Å²) in [6, 6.07) is 12.3. The zero-order valence-electron chi connectivity index (χ0n) is 12.2. The fourth-order valence-corrected chi connectivity index (χ4v) is 2.11. The molecule has 0 aliphatic heterocycles. The molecular weight excluding hydrogens is 305 g/mol. The van der Waals surface area contributed by atoms with Gasteiger partial charge in [0.25, 0.3) is 0 Å². The summed E-state index contributed by atoms with van der Waals surface area (Å²) in [6.07, 6.45) is -2.87. The van der Waals surface area contributed by atoms with E-state index in [0.717, 1.165) is 23.4 Å². The monoisotopic (exact) mass is 318 g/mol. The first-order valence-corrected chi connectivity index (χ1v) is 6.85. The molecule has 2 aromatic carbocycles. The third-order valence-corrected chi connectivity index (χ3v) is 3.38. The highest BCUT2D eigenvalue weighted by Crippen LogP contribution is 2.29. The summed E-state index contributed by atoms with van der Waals surface area (Å²) in [6.45, 7) is 0. The van der Waals surface area contributed by atoms with Crippen LogP contribution in [0, 0.1) is 0 Å². The molecule has 23 heavy (non-hydrogen) atoms. The normalized spacial score (nSPS) is 11.5. The van der Waals surface area contributed by atoms with Crippen LogP contribution in [0.3, 0.4) is 0 Å². The number of nitrogens with zero attached hydrogens (tertiary/aromatic N) is 3. The van der Waals surface area contributed by atoms with Gasteiger partial charge in [-0.25, -0.2) is 9.67 Å². The highest BCUT2D eigenvalue weighted by molar-refractivity contribution is 5.59. The SMILES string of the molecule is CNc1ccc(-c2ncn(-c3ccc(C(F)(F)F)cc3)n2)cc1. The van der Waals surface area contributed by atoms with Gasteiger partial charge < -0.3 is 5.32 Å². The molecule has 1 aromatic heterocycles. The van der Waals surface area contributed by atoms with Gasteiger partial charge in [-0.1, -0.05) is 0 Å². The number of aromatic nitrogens is 3. The van der Waals surface area contributed by atoms with E-state index in [1.165, 1.54) is 23.1 Å². The van der Waals surface area contributed by atoms with E-state index >= 15 is 0 Å². The van der Waals surface area contributed by atoms with Crippen molar-refractivity contribution in [2.75, 3.05) is 12.4 Å². The van der Waals surface area contributed by atoms with Gasteiger partial charge in [-0.3, -0.25) is 0 Å². The van der Waals surface area contributed by atoms with Crippen LogP contribution in [0.5, 0.6) is 0 Å². The first-order valence-electron chi connectivity index (χ1n) is 6.85. The predicted molar refractivity (Wildman–Crippen MR) is 81.3 cm³/mol. The molecule has 0 fully saturated rings. The minimum Gasteiger partial charge on any atom is -0.388 e. The van der Waals surface area contributed by atoms with Gasteiger partial charge >= 0.3 is 6.18 Å². The molecule has 7 heteroatoms. The standard InChI is InChI=1S/C16H13F3N4/c1-20-13-6-2-11(3-7-13)15-21-10-23(22-15)14-8-4-12(5-9-14)16(17,18)19/h2-10,20H,1H3. The fourth-order valence-electron chi connectivity index (χ4n) is 2.11. The van der Waals surface area contributed by atoms with Gasteiger partial charge in [0, 0.05) is 18.3 Å². The highest BCUT2D eigenvalue weighted by atomic mass is 19.4. The first kappa shape index (κ1) is 15.1. The summed E-state index contributed by atoms with van der Waals surface area (Å²) in [5, 5.41) is 7.32. The Morgan fingerprint density at radius 2 is 1.61 bits per heavy atom. The Morgan fingerprint density at radius 1 is 0.957 bits per heavy atom. The Balaban J connectivity index is 1.86. The van der Waals surface area contributed by atoms with Crippen LogP contribution >= 0.6 is 0 Å². The summed E-state index contributed by atoms with van der Waals surface area (Å²) >= 11 is 0. The number of alkyl halides is 3. The van der Waals surface area contributed by atoms with Crippen molar-refractivity contribution in [1.29, 1.82) is 0 Å². The van der Waals surface area contributed by atoms with E-state index in [1.807, 2.05) is 31.3 Å². The third-order valence-electron chi connectivity index (χ3n) is 3.38. The smallest absolute Gasteiger partial charge is 0.388 e. The molecule has 0 saturated carbocycles. The Hall–Kier alpha value is -2.83. The van der Waals surface area contributed by atoms with Crippen molar-refractivity contribution in [3.8, 4) is 17.1 Å². The van der Waals surface area contributed by atoms with E-state index in [-0.39, 0.29) is 0 Å². The number of halogens is 3. The van der Waals surface area contributed by atoms with Crippen LogP contribution < -0.4 is 5.32 Å². The molecule has 1 N–H and O–H groups in total. The van der Waals surface area contributed by atoms with Gasteiger partial charge in [0.15, 0.2) is 5.82 Å². The molecule has 0 aliphatic carbocycles. The van der Waals surface area contributed by atoms with Crippen LogP contribution in [0.1, 0.15) is 5.56 Å². The number of hydrogen-bond donors (Lipinski definition) is 1. The lowest BCUT2D eigenvalue weighted by Crippen LogP contribution is -2.05. The lowest BCUT2D eigenvalue weighted by atomic mass is 10.2. The first-order chi connectivity index (χ1) is 11.0. The zero-order chi connectivity index (χ0) is 16.4.